The Morgan fingerprint density at radius 3 is 2.52 bits per heavy atom. The maximum atomic E-state index is 12.4. The topological polar surface area (TPSA) is 50.8 Å². The number of anilines is 1. The van der Waals surface area contributed by atoms with E-state index in [4.69, 9.17) is 4.74 Å². The number of ether oxygens (including phenoxy) is 2. The fourth-order valence-electron chi connectivity index (χ4n) is 2.71. The molecule has 3 atom stereocenters. The Hall–Kier alpha value is -1.73. The van der Waals surface area contributed by atoms with E-state index in [1.807, 2.05) is 18.7 Å². The molecule has 1 amide bonds. The smallest absolute Gasteiger partial charge is 0.387 e. The minimum Gasteiger partial charge on any atom is -0.433 e. The van der Waals surface area contributed by atoms with Gasteiger partial charge in [-0.2, -0.15) is 8.78 Å². The van der Waals surface area contributed by atoms with E-state index in [1.165, 1.54) is 12.1 Å². The van der Waals surface area contributed by atoms with Crippen molar-refractivity contribution in [3.05, 3.63) is 24.3 Å². The minimum absolute atomic E-state index is 0.0449. The summed E-state index contributed by atoms with van der Waals surface area (Å²) in [5.74, 6) is -0.316. The molecule has 5 nitrogen and oxygen atoms in total. The third-order valence-electron chi connectivity index (χ3n) is 3.74. The van der Waals surface area contributed by atoms with Crippen LogP contribution in [0.3, 0.4) is 0 Å². The van der Waals surface area contributed by atoms with E-state index < -0.39 is 12.7 Å². The average Bonchev–Trinajstić information content (AvgIpc) is 2.47. The summed E-state index contributed by atoms with van der Waals surface area (Å²) in [5, 5.41) is 2.66. The largest absolute Gasteiger partial charge is 0.433 e. The third kappa shape index (κ3) is 4.87. The van der Waals surface area contributed by atoms with E-state index in [9.17, 15) is 13.6 Å². The van der Waals surface area contributed by atoms with Crippen LogP contribution in [0.5, 0.6) is 5.75 Å². The fourth-order valence-corrected chi connectivity index (χ4v) is 2.71. The van der Waals surface area contributed by atoms with E-state index in [-0.39, 0.29) is 29.6 Å². The molecule has 1 aromatic rings. The molecule has 0 saturated carbocycles. The summed E-state index contributed by atoms with van der Waals surface area (Å²) in [6, 6.07) is 5.75. The number of carbonyl (C=O) groups excluding carboxylic acids is 1. The molecule has 0 radical (unpaired) electrons. The molecule has 0 aromatic heterocycles. The van der Waals surface area contributed by atoms with Gasteiger partial charge in [-0.1, -0.05) is 12.1 Å². The number of para-hydroxylation sites is 2. The van der Waals surface area contributed by atoms with Gasteiger partial charge >= 0.3 is 6.61 Å². The quantitative estimate of drug-likeness (QED) is 0.903. The van der Waals surface area contributed by atoms with Crippen LogP contribution >= 0.6 is 0 Å². The Labute approximate surface area is 134 Å². The van der Waals surface area contributed by atoms with Gasteiger partial charge in [0.2, 0.25) is 5.91 Å². The van der Waals surface area contributed by atoms with Gasteiger partial charge in [0.25, 0.3) is 0 Å². The first-order chi connectivity index (χ1) is 10.9. The summed E-state index contributed by atoms with van der Waals surface area (Å²) >= 11 is 0. The van der Waals surface area contributed by atoms with Gasteiger partial charge in [-0.15, -0.1) is 0 Å². The minimum atomic E-state index is -2.94. The molecule has 128 valence electrons. The lowest BCUT2D eigenvalue weighted by Gasteiger charge is -2.38. The maximum Gasteiger partial charge on any atom is 0.387 e. The molecule has 1 heterocycles. The van der Waals surface area contributed by atoms with E-state index in [2.05, 4.69) is 10.1 Å². The molecular weight excluding hydrogens is 306 g/mol. The number of benzene rings is 1. The normalized spacial score (nSPS) is 23.6. The van der Waals surface area contributed by atoms with Crippen LogP contribution < -0.4 is 10.1 Å². The van der Waals surface area contributed by atoms with Gasteiger partial charge in [0.15, 0.2) is 0 Å². The second kappa shape index (κ2) is 7.70. The highest BCUT2D eigenvalue weighted by molar-refractivity contribution is 5.95. The van der Waals surface area contributed by atoms with Gasteiger partial charge in [-0.05, 0) is 32.9 Å². The van der Waals surface area contributed by atoms with Gasteiger partial charge in [-0.25, -0.2) is 0 Å². The second-order valence-electron chi connectivity index (χ2n) is 5.75. The standard InChI is InChI=1S/C16H22F2N2O3/c1-10-8-20(9-11(2)22-10)12(3)15(21)19-13-6-4-5-7-14(13)23-16(17)18/h4-7,10-12,16H,8-9H2,1-3H3,(H,19,21). The number of morpholine rings is 1. The Balaban J connectivity index is 2.04. The van der Waals surface area contributed by atoms with Gasteiger partial charge in [0, 0.05) is 13.1 Å². The van der Waals surface area contributed by atoms with Crippen molar-refractivity contribution in [3.8, 4) is 5.75 Å². The molecule has 1 saturated heterocycles. The molecule has 3 unspecified atom stereocenters. The van der Waals surface area contributed by atoms with E-state index >= 15 is 0 Å². The highest BCUT2D eigenvalue weighted by Gasteiger charge is 2.29. The number of amides is 1. The van der Waals surface area contributed by atoms with Crippen LogP contribution in [-0.4, -0.2) is 48.8 Å². The first kappa shape index (κ1) is 17.6. The van der Waals surface area contributed by atoms with Crippen molar-refractivity contribution in [1.29, 1.82) is 0 Å². The summed E-state index contributed by atoms with van der Waals surface area (Å²) in [6.07, 6.45) is 0.0897. The molecule has 0 spiro atoms. The van der Waals surface area contributed by atoms with Crippen LogP contribution in [-0.2, 0) is 9.53 Å². The maximum absolute atomic E-state index is 12.4. The lowest BCUT2D eigenvalue weighted by molar-refractivity contribution is -0.127. The number of halogens is 2. The van der Waals surface area contributed by atoms with Crippen LogP contribution in [0, 0.1) is 0 Å². The highest BCUT2D eigenvalue weighted by atomic mass is 19.3. The number of hydrogen-bond donors (Lipinski definition) is 1. The number of carbonyl (C=O) groups is 1. The monoisotopic (exact) mass is 328 g/mol. The highest BCUT2D eigenvalue weighted by Crippen LogP contribution is 2.26. The molecule has 1 aliphatic rings. The molecule has 1 fully saturated rings. The van der Waals surface area contributed by atoms with Gasteiger partial charge < -0.3 is 14.8 Å². The molecular formula is C16H22F2N2O3. The average molecular weight is 328 g/mol. The van der Waals surface area contributed by atoms with Crippen LogP contribution in [0.15, 0.2) is 24.3 Å². The number of nitrogens with one attached hydrogen (secondary N) is 1. The molecule has 0 bridgehead atoms. The molecule has 1 N–H and O–H groups in total. The molecule has 1 aliphatic heterocycles. The van der Waals surface area contributed by atoms with Crippen molar-refractivity contribution in [2.75, 3.05) is 18.4 Å². The first-order valence-electron chi connectivity index (χ1n) is 7.61. The lowest BCUT2D eigenvalue weighted by atomic mass is 10.1. The van der Waals surface area contributed by atoms with Crippen molar-refractivity contribution in [2.45, 2.75) is 45.6 Å². The van der Waals surface area contributed by atoms with Crippen molar-refractivity contribution in [2.24, 2.45) is 0 Å². The van der Waals surface area contributed by atoms with E-state index in [0.29, 0.717) is 13.1 Å². The molecule has 2 rings (SSSR count). The van der Waals surface area contributed by atoms with Crippen LogP contribution in [0.25, 0.3) is 0 Å². The van der Waals surface area contributed by atoms with Gasteiger partial charge in [-0.3, -0.25) is 9.69 Å². The Morgan fingerprint density at radius 1 is 1.30 bits per heavy atom. The number of rotatable bonds is 5. The summed E-state index contributed by atoms with van der Waals surface area (Å²) in [4.78, 5) is 14.4. The summed E-state index contributed by atoms with van der Waals surface area (Å²) in [7, 11) is 0. The number of nitrogens with zero attached hydrogens (tertiary/aromatic N) is 1. The van der Waals surface area contributed by atoms with Crippen molar-refractivity contribution in [1.82, 2.24) is 4.90 Å². The van der Waals surface area contributed by atoms with Crippen molar-refractivity contribution < 1.29 is 23.0 Å². The predicted molar refractivity (Wildman–Crippen MR) is 82.7 cm³/mol. The number of alkyl halides is 2. The Kier molecular flexibility index (Phi) is 5.90. The molecule has 7 heteroatoms. The first-order valence-corrected chi connectivity index (χ1v) is 7.61. The summed E-state index contributed by atoms with van der Waals surface area (Å²) < 4.78 is 34.9. The summed E-state index contributed by atoms with van der Waals surface area (Å²) in [5.41, 5.74) is 0.235. The number of hydrogen-bond acceptors (Lipinski definition) is 4. The zero-order valence-electron chi connectivity index (χ0n) is 13.5. The van der Waals surface area contributed by atoms with Crippen molar-refractivity contribution in [3.63, 3.8) is 0 Å². The fraction of sp³-hybridized carbons (Fsp3) is 0.562. The Morgan fingerprint density at radius 2 is 1.91 bits per heavy atom. The molecule has 1 aromatic carbocycles. The molecule has 23 heavy (non-hydrogen) atoms. The van der Waals surface area contributed by atoms with Crippen LogP contribution in [0.4, 0.5) is 14.5 Å². The van der Waals surface area contributed by atoms with E-state index in [0.717, 1.165) is 0 Å². The third-order valence-corrected chi connectivity index (χ3v) is 3.74. The Bertz CT molecular complexity index is 532. The predicted octanol–water partition coefficient (Wildman–Crippen LogP) is 2.72. The van der Waals surface area contributed by atoms with Gasteiger partial charge in [0.05, 0.1) is 23.9 Å². The zero-order chi connectivity index (χ0) is 17.0. The van der Waals surface area contributed by atoms with E-state index in [1.54, 1.807) is 19.1 Å². The second-order valence-corrected chi connectivity index (χ2v) is 5.75. The lowest BCUT2D eigenvalue weighted by Crippen LogP contribution is -2.52. The van der Waals surface area contributed by atoms with Gasteiger partial charge in [0.1, 0.15) is 5.75 Å². The van der Waals surface area contributed by atoms with Crippen molar-refractivity contribution >= 4 is 11.6 Å². The summed E-state index contributed by atoms with van der Waals surface area (Å²) in [6.45, 7) is 4.06. The molecule has 0 aliphatic carbocycles. The SMILES string of the molecule is CC1CN(C(C)C(=O)Nc2ccccc2OC(F)F)CC(C)O1. The van der Waals surface area contributed by atoms with Crippen LogP contribution in [0.1, 0.15) is 20.8 Å². The zero-order valence-corrected chi connectivity index (χ0v) is 13.5. The van der Waals surface area contributed by atoms with Crippen LogP contribution in [0.2, 0.25) is 0 Å².